The van der Waals surface area contributed by atoms with E-state index in [1.807, 2.05) is 0 Å². The molecule has 3 heterocycles. The largest absolute Gasteiger partial charge is 0.481 e. The topological polar surface area (TPSA) is 67.6 Å². The summed E-state index contributed by atoms with van der Waals surface area (Å²) in [5.41, 5.74) is 5.32. The van der Waals surface area contributed by atoms with Crippen LogP contribution in [0, 0.1) is 0 Å². The number of fused-ring (bicyclic) bond motifs is 3. The number of ether oxygens (including phenoxy) is 1. The normalized spacial score (nSPS) is 21.7. The number of halogens is 1. The Kier molecular flexibility index (Phi) is 6.06. The van der Waals surface area contributed by atoms with Gasteiger partial charge in [0.25, 0.3) is 0 Å². The Labute approximate surface area is 199 Å². The third-order valence-corrected chi connectivity index (χ3v) is 7.58. The first-order valence-electron chi connectivity index (χ1n) is 11.8. The second-order valence-electron chi connectivity index (χ2n) is 9.35. The third-order valence-electron chi connectivity index (χ3n) is 7.33. The Morgan fingerprint density at radius 3 is 2.73 bits per heavy atom. The van der Waals surface area contributed by atoms with Crippen molar-refractivity contribution in [1.82, 2.24) is 9.55 Å². The minimum Gasteiger partial charge on any atom is -0.481 e. The highest BCUT2D eigenvalue weighted by Gasteiger charge is 2.30. The zero-order valence-electron chi connectivity index (χ0n) is 19.1. The predicted molar refractivity (Wildman–Crippen MR) is 131 cm³/mol. The molecule has 5 rings (SSSR count). The summed E-state index contributed by atoms with van der Waals surface area (Å²) in [5, 5.41) is 10.7. The standard InChI is InChI=1S/C26H30ClN3O3/c1-16-5-10-20-22(29(16)2)11-12-23-25(20)28-24(30(23)19-4-3-13-33-15-19)14-21(26(31)32)17-6-8-18(27)9-7-17/h6-9,11-12,16,19,21H,3-5,10,13-15H2,1-2H3,(H,31,32). The number of imidazole rings is 1. The average Bonchev–Trinajstić information content (AvgIpc) is 3.19. The van der Waals surface area contributed by atoms with Crippen LogP contribution in [0.2, 0.25) is 5.02 Å². The number of benzene rings is 2. The zero-order valence-corrected chi connectivity index (χ0v) is 19.9. The van der Waals surface area contributed by atoms with Crippen LogP contribution in [0.4, 0.5) is 5.69 Å². The first-order chi connectivity index (χ1) is 15.9. The number of hydrogen-bond acceptors (Lipinski definition) is 4. The monoisotopic (exact) mass is 467 g/mol. The number of carboxylic acid groups (broad SMARTS) is 1. The van der Waals surface area contributed by atoms with Crippen molar-refractivity contribution in [2.24, 2.45) is 0 Å². The van der Waals surface area contributed by atoms with Crippen LogP contribution >= 0.6 is 11.6 Å². The number of carbonyl (C=O) groups is 1. The molecule has 7 heteroatoms. The number of nitrogens with zero attached hydrogens (tertiary/aromatic N) is 3. The van der Waals surface area contributed by atoms with Gasteiger partial charge < -0.3 is 19.3 Å². The molecule has 3 aromatic rings. The van der Waals surface area contributed by atoms with Crippen molar-refractivity contribution in [3.63, 3.8) is 0 Å². The van der Waals surface area contributed by atoms with E-state index in [1.54, 1.807) is 24.3 Å². The quantitative estimate of drug-likeness (QED) is 0.557. The molecule has 3 atom stereocenters. The predicted octanol–water partition coefficient (Wildman–Crippen LogP) is 5.22. The molecule has 1 N–H and O–H groups in total. The van der Waals surface area contributed by atoms with E-state index in [1.165, 1.54) is 11.3 Å². The zero-order chi connectivity index (χ0) is 23.1. The molecule has 0 aliphatic carbocycles. The fourth-order valence-electron chi connectivity index (χ4n) is 5.32. The number of aryl methyl sites for hydroxylation is 1. The second-order valence-corrected chi connectivity index (χ2v) is 9.78. The average molecular weight is 468 g/mol. The molecule has 1 saturated heterocycles. The highest BCUT2D eigenvalue weighted by atomic mass is 35.5. The van der Waals surface area contributed by atoms with Crippen LogP contribution in [0.15, 0.2) is 36.4 Å². The lowest BCUT2D eigenvalue weighted by atomic mass is 9.95. The van der Waals surface area contributed by atoms with Gasteiger partial charge >= 0.3 is 5.97 Å². The van der Waals surface area contributed by atoms with E-state index in [-0.39, 0.29) is 6.04 Å². The number of aliphatic carboxylic acids is 1. The Morgan fingerprint density at radius 1 is 1.24 bits per heavy atom. The molecule has 2 aliphatic rings. The second kappa shape index (κ2) is 8.99. The number of rotatable bonds is 5. The van der Waals surface area contributed by atoms with Gasteiger partial charge in [-0.3, -0.25) is 4.79 Å². The van der Waals surface area contributed by atoms with Crippen molar-refractivity contribution >= 4 is 34.3 Å². The maximum absolute atomic E-state index is 12.3. The van der Waals surface area contributed by atoms with Crippen molar-refractivity contribution in [2.75, 3.05) is 25.2 Å². The van der Waals surface area contributed by atoms with Gasteiger partial charge in [0.05, 0.1) is 29.6 Å². The van der Waals surface area contributed by atoms with Crippen LogP contribution in [-0.4, -0.2) is 46.9 Å². The van der Waals surface area contributed by atoms with E-state index in [0.717, 1.165) is 54.7 Å². The molecular formula is C26H30ClN3O3. The SMILES string of the molecule is CC1CCc2c(ccc3c2nc(CC(C(=O)O)c2ccc(Cl)cc2)n3C2CCCOC2)N1C. The van der Waals surface area contributed by atoms with Crippen molar-refractivity contribution < 1.29 is 14.6 Å². The summed E-state index contributed by atoms with van der Waals surface area (Å²) in [5.74, 6) is -0.732. The van der Waals surface area contributed by atoms with Crippen LogP contribution in [0.3, 0.4) is 0 Å². The Morgan fingerprint density at radius 2 is 2.03 bits per heavy atom. The van der Waals surface area contributed by atoms with E-state index in [2.05, 4.69) is 35.6 Å². The molecule has 2 aliphatic heterocycles. The van der Waals surface area contributed by atoms with E-state index in [0.29, 0.717) is 24.1 Å². The van der Waals surface area contributed by atoms with Gasteiger partial charge in [0.15, 0.2) is 0 Å². The molecule has 2 aromatic carbocycles. The number of hydrogen-bond donors (Lipinski definition) is 1. The summed E-state index contributed by atoms with van der Waals surface area (Å²) in [6.45, 7) is 3.66. The maximum Gasteiger partial charge on any atom is 0.311 e. The van der Waals surface area contributed by atoms with Crippen LogP contribution < -0.4 is 4.90 Å². The molecule has 1 fully saturated rings. The highest BCUT2D eigenvalue weighted by Crippen LogP contribution is 2.38. The van der Waals surface area contributed by atoms with Gasteiger partial charge in [0.2, 0.25) is 0 Å². The molecule has 6 nitrogen and oxygen atoms in total. The van der Waals surface area contributed by atoms with E-state index in [9.17, 15) is 9.90 Å². The lowest BCUT2D eigenvalue weighted by molar-refractivity contribution is -0.138. The first-order valence-corrected chi connectivity index (χ1v) is 12.1. The Balaban J connectivity index is 1.63. The van der Waals surface area contributed by atoms with Crippen LogP contribution in [0.1, 0.15) is 55.1 Å². The first kappa shape index (κ1) is 22.2. The van der Waals surface area contributed by atoms with E-state index < -0.39 is 11.9 Å². The van der Waals surface area contributed by atoms with Crippen molar-refractivity contribution in [1.29, 1.82) is 0 Å². The van der Waals surface area contributed by atoms with Crippen molar-refractivity contribution in [2.45, 2.75) is 57.0 Å². The van der Waals surface area contributed by atoms with Gasteiger partial charge in [-0.25, -0.2) is 4.98 Å². The van der Waals surface area contributed by atoms with Crippen LogP contribution in [0.5, 0.6) is 0 Å². The summed E-state index contributed by atoms with van der Waals surface area (Å²) in [6, 6.07) is 12.1. The van der Waals surface area contributed by atoms with E-state index in [4.69, 9.17) is 21.3 Å². The lowest BCUT2D eigenvalue weighted by Crippen LogP contribution is -2.33. The van der Waals surface area contributed by atoms with Gasteiger partial charge in [-0.15, -0.1) is 0 Å². The fraction of sp³-hybridized carbons (Fsp3) is 0.462. The molecule has 0 amide bonds. The highest BCUT2D eigenvalue weighted by molar-refractivity contribution is 6.30. The minimum atomic E-state index is -0.855. The van der Waals surface area contributed by atoms with E-state index >= 15 is 0 Å². The Bertz CT molecular complexity index is 1170. The van der Waals surface area contributed by atoms with Crippen LogP contribution in [0.25, 0.3) is 11.0 Å². The smallest absolute Gasteiger partial charge is 0.311 e. The molecular weight excluding hydrogens is 438 g/mol. The molecule has 174 valence electrons. The van der Waals surface area contributed by atoms with Gasteiger partial charge in [-0.1, -0.05) is 23.7 Å². The van der Waals surface area contributed by atoms with Gasteiger partial charge in [0, 0.05) is 42.4 Å². The summed E-state index contributed by atoms with van der Waals surface area (Å²) in [7, 11) is 2.14. The van der Waals surface area contributed by atoms with Crippen molar-refractivity contribution in [3.05, 3.63) is 58.4 Å². The summed E-state index contributed by atoms with van der Waals surface area (Å²) in [6.07, 6.45) is 4.39. The number of anilines is 1. The molecule has 0 saturated carbocycles. The van der Waals surface area contributed by atoms with Crippen LogP contribution in [-0.2, 0) is 22.4 Å². The minimum absolute atomic E-state index is 0.164. The number of carboxylic acids is 1. The molecule has 1 aromatic heterocycles. The Hall–Kier alpha value is -2.57. The molecule has 3 unspecified atom stereocenters. The van der Waals surface area contributed by atoms with Crippen molar-refractivity contribution in [3.8, 4) is 0 Å². The molecule has 0 radical (unpaired) electrons. The third kappa shape index (κ3) is 4.11. The maximum atomic E-state index is 12.3. The molecule has 0 spiro atoms. The fourth-order valence-corrected chi connectivity index (χ4v) is 5.45. The summed E-state index contributed by atoms with van der Waals surface area (Å²) >= 11 is 6.04. The molecule has 0 bridgehead atoms. The van der Waals surface area contributed by atoms with Gasteiger partial charge in [0.1, 0.15) is 5.82 Å². The number of aromatic nitrogens is 2. The van der Waals surface area contributed by atoms with Gasteiger partial charge in [-0.2, -0.15) is 0 Å². The van der Waals surface area contributed by atoms with Gasteiger partial charge in [-0.05, 0) is 62.4 Å². The summed E-state index contributed by atoms with van der Waals surface area (Å²) in [4.78, 5) is 19.7. The lowest BCUT2D eigenvalue weighted by Gasteiger charge is -2.34. The molecule has 33 heavy (non-hydrogen) atoms. The summed E-state index contributed by atoms with van der Waals surface area (Å²) < 4.78 is 8.08.